The lowest BCUT2D eigenvalue weighted by Crippen LogP contribution is -2.32. The monoisotopic (exact) mass is 921 g/mol. The van der Waals surface area contributed by atoms with Crippen LogP contribution >= 0.6 is 11.8 Å². The predicted octanol–water partition coefficient (Wildman–Crippen LogP) is 16.3. The average Bonchev–Trinajstić information content (AvgIpc) is 4.15. The molecule has 1 atom stereocenters. The SMILES string of the molecule is c1cc(-n2c3ccccc3c3ccccc32)cc(-n2c3ccccc3c3cc(-c4ccc5c(c4)Sc4ccccc4C54c5cccnc5-c5ncc(-n6c7ccccc7c7ccccc76)cc54)ccc32)c1. The first-order valence-electron chi connectivity index (χ1n) is 24.2. The first-order chi connectivity index (χ1) is 35.2. The van der Waals surface area contributed by atoms with Gasteiger partial charge < -0.3 is 13.7 Å². The Balaban J connectivity index is 0.866. The van der Waals surface area contributed by atoms with Crippen molar-refractivity contribution in [2.45, 2.75) is 15.2 Å². The van der Waals surface area contributed by atoms with E-state index in [1.165, 1.54) is 92.0 Å². The number of rotatable bonds is 4. The Morgan fingerprint density at radius 2 is 0.789 bits per heavy atom. The molecule has 0 bridgehead atoms. The molecule has 0 amide bonds. The molecule has 14 aromatic rings. The number of hydrogen-bond donors (Lipinski definition) is 0. The summed E-state index contributed by atoms with van der Waals surface area (Å²) in [7, 11) is 0. The van der Waals surface area contributed by atoms with Crippen LogP contribution in [0.4, 0.5) is 0 Å². The van der Waals surface area contributed by atoms with E-state index in [2.05, 4.69) is 238 Å². The fourth-order valence-corrected chi connectivity index (χ4v) is 13.7. The van der Waals surface area contributed by atoms with Crippen molar-refractivity contribution >= 4 is 77.2 Å². The second-order valence-corrected chi connectivity index (χ2v) is 20.0. The zero-order valence-electron chi connectivity index (χ0n) is 38.2. The lowest BCUT2D eigenvalue weighted by molar-refractivity contribution is 0.719. The Bertz CT molecular complexity index is 4480. The van der Waals surface area contributed by atoms with Crippen LogP contribution in [-0.4, -0.2) is 23.7 Å². The molecule has 9 aromatic carbocycles. The number of benzene rings is 9. The summed E-state index contributed by atoms with van der Waals surface area (Å²) >= 11 is 1.86. The van der Waals surface area contributed by atoms with Gasteiger partial charge in [0.25, 0.3) is 0 Å². The summed E-state index contributed by atoms with van der Waals surface area (Å²) in [6.07, 6.45) is 3.95. The molecule has 5 aromatic heterocycles. The highest BCUT2D eigenvalue weighted by molar-refractivity contribution is 7.99. The maximum absolute atomic E-state index is 5.36. The molecular weight excluding hydrogens is 883 g/mol. The van der Waals surface area contributed by atoms with E-state index in [0.717, 1.165) is 45.0 Å². The number of para-hydroxylation sites is 5. The van der Waals surface area contributed by atoms with Crippen molar-refractivity contribution in [2.24, 2.45) is 0 Å². The molecule has 330 valence electrons. The van der Waals surface area contributed by atoms with Crippen LogP contribution in [-0.2, 0) is 5.41 Å². The van der Waals surface area contributed by atoms with Crippen LogP contribution in [0, 0.1) is 0 Å². The summed E-state index contributed by atoms with van der Waals surface area (Å²) in [5, 5.41) is 7.43. The Hall–Kier alpha value is -8.97. The lowest BCUT2D eigenvalue weighted by Gasteiger charge is -2.39. The van der Waals surface area contributed by atoms with Crippen LogP contribution in [0.25, 0.3) is 105 Å². The van der Waals surface area contributed by atoms with Gasteiger partial charge in [-0.15, -0.1) is 0 Å². The van der Waals surface area contributed by atoms with E-state index >= 15 is 0 Å². The number of hydrogen-bond acceptors (Lipinski definition) is 3. The first-order valence-corrected chi connectivity index (χ1v) is 25.0. The van der Waals surface area contributed by atoms with Gasteiger partial charge in [0.15, 0.2) is 0 Å². The molecule has 16 rings (SSSR count). The van der Waals surface area contributed by atoms with E-state index in [1.807, 2.05) is 24.2 Å². The van der Waals surface area contributed by atoms with Gasteiger partial charge in [-0.3, -0.25) is 9.97 Å². The highest BCUT2D eigenvalue weighted by Gasteiger charge is 2.52. The second-order valence-electron chi connectivity index (χ2n) is 18.9. The van der Waals surface area contributed by atoms with Crippen LogP contribution < -0.4 is 0 Å². The topological polar surface area (TPSA) is 40.6 Å². The van der Waals surface area contributed by atoms with Crippen molar-refractivity contribution in [3.8, 4) is 39.6 Å². The number of aromatic nitrogens is 5. The van der Waals surface area contributed by atoms with Crippen molar-refractivity contribution in [1.29, 1.82) is 0 Å². The van der Waals surface area contributed by atoms with Gasteiger partial charge in [-0.1, -0.05) is 151 Å². The average molecular weight is 922 g/mol. The van der Waals surface area contributed by atoms with Crippen molar-refractivity contribution in [3.05, 3.63) is 259 Å². The molecule has 2 aliphatic rings. The Labute approximate surface area is 412 Å². The fourth-order valence-electron chi connectivity index (χ4n) is 12.5. The van der Waals surface area contributed by atoms with Crippen molar-refractivity contribution in [3.63, 3.8) is 0 Å². The quantitative estimate of drug-likeness (QED) is 0.177. The standard InChI is InChI=1S/C65H39N5S/c1-7-24-55-45(17-1)46-18-2-8-25-56(46)68(55)42-15-13-16-43(37-42)69-59-28-11-5-21-49(59)50-35-40(31-33-60(50)69)41-30-32-52-62(36-41)71-61-29-12-6-22-51(61)65(52)53-23-14-34-66-63(53)64-54(65)38-44(39-67-64)70-57-26-9-3-19-47(57)48-20-4-10-27-58(48)70/h1-39H. The smallest absolute Gasteiger partial charge is 0.0939 e. The minimum atomic E-state index is -0.637. The molecule has 1 spiro atoms. The molecule has 0 radical (unpaired) electrons. The molecule has 71 heavy (non-hydrogen) atoms. The molecule has 0 N–H and O–H groups in total. The van der Waals surface area contributed by atoms with Gasteiger partial charge in [-0.05, 0) is 113 Å². The van der Waals surface area contributed by atoms with E-state index in [9.17, 15) is 0 Å². The summed E-state index contributed by atoms with van der Waals surface area (Å²) in [6.45, 7) is 0. The summed E-state index contributed by atoms with van der Waals surface area (Å²) in [6, 6.07) is 82.6. The van der Waals surface area contributed by atoms with E-state index in [0.29, 0.717) is 0 Å². The van der Waals surface area contributed by atoms with Crippen LogP contribution in [0.2, 0.25) is 0 Å². The van der Waals surface area contributed by atoms with Crippen molar-refractivity contribution in [2.75, 3.05) is 0 Å². The maximum atomic E-state index is 5.36. The first kappa shape index (κ1) is 38.9. The fraction of sp³-hybridized carbons (Fsp3) is 0.0154. The summed E-state index contributed by atoms with van der Waals surface area (Å²) in [5.74, 6) is 0. The Morgan fingerprint density at radius 1 is 0.310 bits per heavy atom. The van der Waals surface area contributed by atoms with Crippen molar-refractivity contribution in [1.82, 2.24) is 23.7 Å². The predicted molar refractivity (Wildman–Crippen MR) is 292 cm³/mol. The van der Waals surface area contributed by atoms with Gasteiger partial charge in [0, 0.05) is 65.2 Å². The third kappa shape index (κ3) is 5.26. The normalized spacial score (nSPS) is 14.8. The number of pyridine rings is 2. The Kier molecular flexibility index (Phi) is 7.97. The van der Waals surface area contributed by atoms with E-state index in [-0.39, 0.29) is 0 Å². The van der Waals surface area contributed by atoms with Crippen LogP contribution in [0.3, 0.4) is 0 Å². The molecule has 0 saturated heterocycles. The van der Waals surface area contributed by atoms with Crippen LogP contribution in [0.5, 0.6) is 0 Å². The molecule has 0 fully saturated rings. The molecule has 1 aliphatic carbocycles. The van der Waals surface area contributed by atoms with Crippen LogP contribution in [0.1, 0.15) is 22.3 Å². The van der Waals surface area contributed by atoms with E-state index < -0.39 is 5.41 Å². The molecule has 1 unspecified atom stereocenters. The minimum Gasteiger partial charge on any atom is -0.309 e. The molecule has 0 saturated carbocycles. The molecule has 1 aliphatic heterocycles. The van der Waals surface area contributed by atoms with Gasteiger partial charge in [-0.2, -0.15) is 0 Å². The number of fused-ring (bicyclic) bond motifs is 18. The van der Waals surface area contributed by atoms with Gasteiger partial charge in [0.2, 0.25) is 0 Å². The third-order valence-corrected chi connectivity index (χ3v) is 16.5. The Morgan fingerprint density at radius 3 is 1.42 bits per heavy atom. The van der Waals surface area contributed by atoms with Gasteiger partial charge in [-0.25, -0.2) is 0 Å². The van der Waals surface area contributed by atoms with Crippen molar-refractivity contribution < 1.29 is 0 Å². The molecule has 6 heteroatoms. The summed E-state index contributed by atoms with van der Waals surface area (Å²) < 4.78 is 7.21. The van der Waals surface area contributed by atoms with Gasteiger partial charge in [0.1, 0.15) is 0 Å². The highest BCUT2D eigenvalue weighted by atomic mass is 32.2. The van der Waals surface area contributed by atoms with Crippen LogP contribution in [0.15, 0.2) is 247 Å². The number of nitrogens with zero attached hydrogens (tertiary/aromatic N) is 5. The molecule has 5 nitrogen and oxygen atoms in total. The summed E-state index contributed by atoms with van der Waals surface area (Å²) in [5.41, 5.74) is 18.8. The summed E-state index contributed by atoms with van der Waals surface area (Å²) in [4.78, 5) is 12.9. The second kappa shape index (κ2) is 14.5. The zero-order chi connectivity index (χ0) is 46.4. The van der Waals surface area contributed by atoms with E-state index in [1.54, 1.807) is 0 Å². The highest BCUT2D eigenvalue weighted by Crippen LogP contribution is 2.62. The van der Waals surface area contributed by atoms with E-state index in [4.69, 9.17) is 9.97 Å². The molecule has 6 heterocycles. The third-order valence-electron chi connectivity index (χ3n) is 15.4. The maximum Gasteiger partial charge on any atom is 0.0939 e. The zero-order valence-corrected chi connectivity index (χ0v) is 39.0. The minimum absolute atomic E-state index is 0.637. The largest absolute Gasteiger partial charge is 0.309 e. The van der Waals surface area contributed by atoms with Gasteiger partial charge >= 0.3 is 0 Å². The van der Waals surface area contributed by atoms with Gasteiger partial charge in [0.05, 0.1) is 61.8 Å². The molecular formula is C65H39N5S. The lowest BCUT2D eigenvalue weighted by atomic mass is 9.67.